The largest absolute Gasteiger partial charge is 0.478 e. The third-order valence-corrected chi connectivity index (χ3v) is 5.51. The van der Waals surface area contributed by atoms with Gasteiger partial charge in [0.15, 0.2) is 17.4 Å². The second-order valence-corrected chi connectivity index (χ2v) is 8.17. The van der Waals surface area contributed by atoms with E-state index in [0.717, 1.165) is 18.2 Å². The summed E-state index contributed by atoms with van der Waals surface area (Å²) in [5.74, 6) is -4.64. The van der Waals surface area contributed by atoms with Crippen LogP contribution in [0.3, 0.4) is 0 Å². The van der Waals surface area contributed by atoms with Crippen LogP contribution in [0.5, 0.6) is 5.75 Å². The van der Waals surface area contributed by atoms with Crippen molar-refractivity contribution in [1.29, 1.82) is 0 Å². The van der Waals surface area contributed by atoms with Crippen molar-refractivity contribution >= 4 is 40.2 Å². The van der Waals surface area contributed by atoms with Crippen LogP contribution >= 0.6 is 24.2 Å². The van der Waals surface area contributed by atoms with Crippen LogP contribution in [0.4, 0.5) is 8.78 Å². The van der Waals surface area contributed by atoms with E-state index in [1.807, 2.05) is 0 Å². The van der Waals surface area contributed by atoms with Crippen molar-refractivity contribution in [2.75, 3.05) is 6.54 Å². The molecule has 2 aromatic carbocycles. The minimum atomic E-state index is -3.97. The number of sulfonamides is 1. The summed E-state index contributed by atoms with van der Waals surface area (Å²) in [6.07, 6.45) is -1.81. The van der Waals surface area contributed by atoms with Crippen LogP contribution in [-0.4, -0.2) is 37.4 Å². The molecule has 0 saturated carbocycles. The number of para-hydroxylation sites is 1. The van der Waals surface area contributed by atoms with Crippen LogP contribution in [0.2, 0.25) is 5.02 Å². The molecule has 0 amide bonds. The maximum absolute atomic E-state index is 13.7. The molecule has 0 fully saturated rings. The molecule has 0 aromatic heterocycles. The molecule has 2 atom stereocenters. The van der Waals surface area contributed by atoms with Crippen molar-refractivity contribution in [2.24, 2.45) is 0 Å². The van der Waals surface area contributed by atoms with Crippen LogP contribution in [-0.2, 0) is 14.8 Å². The normalized spacial score (nSPS) is 13.8. The van der Waals surface area contributed by atoms with E-state index in [2.05, 4.69) is 17.4 Å². The zero-order valence-electron chi connectivity index (χ0n) is 13.5. The average Bonchev–Trinajstić information content (AvgIpc) is 2.59. The molecule has 0 aliphatic carbocycles. The van der Waals surface area contributed by atoms with E-state index in [4.69, 9.17) is 16.3 Å². The third-order valence-electron chi connectivity index (χ3n) is 3.36. The van der Waals surface area contributed by atoms with Crippen molar-refractivity contribution in [2.45, 2.75) is 16.2 Å². The topological polar surface area (TPSA) is 92.7 Å². The van der Waals surface area contributed by atoms with Crippen LogP contribution in [0, 0.1) is 11.6 Å². The van der Waals surface area contributed by atoms with Crippen molar-refractivity contribution in [1.82, 2.24) is 4.72 Å². The quantitative estimate of drug-likeness (QED) is 0.552. The van der Waals surface area contributed by atoms with Gasteiger partial charge in [0.2, 0.25) is 16.1 Å². The van der Waals surface area contributed by atoms with Gasteiger partial charge in [-0.25, -0.2) is 26.7 Å². The summed E-state index contributed by atoms with van der Waals surface area (Å²) in [6, 6.07) is 8.15. The Morgan fingerprint density at radius 1 is 1.19 bits per heavy atom. The van der Waals surface area contributed by atoms with E-state index in [0.29, 0.717) is 5.02 Å². The number of thiol groups is 1. The number of hydrogen-bond acceptors (Lipinski definition) is 5. The summed E-state index contributed by atoms with van der Waals surface area (Å²) < 4.78 is 58.8. The van der Waals surface area contributed by atoms with Gasteiger partial charge < -0.3 is 9.84 Å². The number of aliphatic carboxylic acids is 1. The third kappa shape index (κ3) is 5.55. The second kappa shape index (κ2) is 8.87. The van der Waals surface area contributed by atoms with Crippen LogP contribution in [0.15, 0.2) is 47.4 Å². The zero-order valence-corrected chi connectivity index (χ0v) is 15.9. The first-order chi connectivity index (χ1) is 12.6. The average molecular weight is 438 g/mol. The number of benzene rings is 2. The predicted octanol–water partition coefficient (Wildman–Crippen LogP) is 2.73. The predicted molar refractivity (Wildman–Crippen MR) is 97.8 cm³/mol. The molecule has 2 unspecified atom stereocenters. The number of carboxylic acid groups (broad SMARTS) is 1. The Kier molecular flexibility index (Phi) is 7.04. The Morgan fingerprint density at radius 2 is 1.74 bits per heavy atom. The standard InChI is InChI=1S/C16H14ClF2NO5S2/c17-9-4-6-10(7-5-9)27(23,24)20-8-13(26)15(16(21)22)25-14-11(18)2-1-3-12(14)19/h1-7,13,15,20,26H,8H2,(H,21,22). The number of nitrogens with one attached hydrogen (secondary N) is 1. The van der Waals surface area contributed by atoms with Gasteiger partial charge in [0, 0.05) is 11.6 Å². The Balaban J connectivity index is 2.12. The summed E-state index contributed by atoms with van der Waals surface area (Å²) in [5, 5.41) is 8.35. The number of rotatable bonds is 8. The highest BCUT2D eigenvalue weighted by Crippen LogP contribution is 2.24. The van der Waals surface area contributed by atoms with E-state index >= 15 is 0 Å². The molecular formula is C16H14ClF2NO5S2. The molecule has 0 radical (unpaired) electrons. The molecule has 0 aliphatic rings. The molecule has 0 heterocycles. The SMILES string of the molecule is O=C(O)C(Oc1c(F)cccc1F)C(S)CNS(=O)(=O)c1ccc(Cl)cc1. The minimum Gasteiger partial charge on any atom is -0.478 e. The maximum atomic E-state index is 13.7. The Labute approximate surface area is 164 Å². The Hall–Kier alpha value is -1.88. The summed E-state index contributed by atoms with van der Waals surface area (Å²) in [5.41, 5.74) is 0. The van der Waals surface area contributed by atoms with Gasteiger partial charge in [-0.1, -0.05) is 17.7 Å². The van der Waals surface area contributed by atoms with Gasteiger partial charge in [-0.15, -0.1) is 0 Å². The Bertz CT molecular complexity index is 905. The lowest BCUT2D eigenvalue weighted by Gasteiger charge is -2.21. The van der Waals surface area contributed by atoms with Gasteiger partial charge in [0.25, 0.3) is 0 Å². The zero-order chi connectivity index (χ0) is 20.2. The van der Waals surface area contributed by atoms with E-state index < -0.39 is 51.3 Å². The van der Waals surface area contributed by atoms with Gasteiger partial charge in [0.05, 0.1) is 10.1 Å². The number of carboxylic acids is 1. The van der Waals surface area contributed by atoms with Crippen molar-refractivity contribution in [3.63, 3.8) is 0 Å². The first kappa shape index (κ1) is 21.4. The summed E-state index contributed by atoms with van der Waals surface area (Å²) in [6.45, 7) is -0.471. The van der Waals surface area contributed by atoms with Crippen LogP contribution < -0.4 is 9.46 Å². The van der Waals surface area contributed by atoms with E-state index in [9.17, 15) is 27.1 Å². The second-order valence-electron chi connectivity index (χ2n) is 5.30. The monoisotopic (exact) mass is 437 g/mol. The molecule has 0 spiro atoms. The van der Waals surface area contributed by atoms with Gasteiger partial charge in [-0.3, -0.25) is 0 Å². The van der Waals surface area contributed by atoms with E-state index in [1.165, 1.54) is 24.3 Å². The van der Waals surface area contributed by atoms with Crippen LogP contribution in [0.1, 0.15) is 0 Å². The maximum Gasteiger partial charge on any atom is 0.346 e. The lowest BCUT2D eigenvalue weighted by atomic mass is 10.2. The smallest absolute Gasteiger partial charge is 0.346 e. The Morgan fingerprint density at radius 3 is 2.26 bits per heavy atom. The number of ether oxygens (including phenoxy) is 1. The molecule has 2 rings (SSSR count). The number of halogens is 3. The molecule has 0 bridgehead atoms. The van der Waals surface area contributed by atoms with Crippen molar-refractivity contribution in [3.8, 4) is 5.75 Å². The first-order valence-electron chi connectivity index (χ1n) is 7.38. The van der Waals surface area contributed by atoms with Crippen molar-refractivity contribution in [3.05, 3.63) is 59.1 Å². The van der Waals surface area contributed by atoms with Gasteiger partial charge in [0.1, 0.15) is 0 Å². The fraction of sp³-hybridized carbons (Fsp3) is 0.188. The fourth-order valence-electron chi connectivity index (χ4n) is 2.01. The lowest BCUT2D eigenvalue weighted by molar-refractivity contribution is -0.145. The van der Waals surface area contributed by atoms with Gasteiger partial charge in [-0.2, -0.15) is 12.6 Å². The first-order valence-corrected chi connectivity index (χ1v) is 9.76. The molecule has 6 nitrogen and oxygen atoms in total. The summed E-state index contributed by atoms with van der Waals surface area (Å²) in [4.78, 5) is 11.3. The highest BCUT2D eigenvalue weighted by Gasteiger charge is 2.31. The number of carbonyl (C=O) groups is 1. The van der Waals surface area contributed by atoms with Gasteiger partial charge in [-0.05, 0) is 36.4 Å². The molecule has 11 heteroatoms. The summed E-state index contributed by atoms with van der Waals surface area (Å²) >= 11 is 9.70. The molecule has 27 heavy (non-hydrogen) atoms. The van der Waals surface area contributed by atoms with E-state index in [1.54, 1.807) is 0 Å². The molecular weight excluding hydrogens is 424 g/mol. The minimum absolute atomic E-state index is 0.0969. The molecule has 2 N–H and O–H groups in total. The van der Waals surface area contributed by atoms with Crippen LogP contribution in [0.25, 0.3) is 0 Å². The molecule has 146 valence electrons. The highest BCUT2D eigenvalue weighted by atomic mass is 35.5. The lowest BCUT2D eigenvalue weighted by Crippen LogP contribution is -2.43. The fourth-order valence-corrected chi connectivity index (χ4v) is 3.60. The van der Waals surface area contributed by atoms with E-state index in [-0.39, 0.29) is 4.90 Å². The molecule has 0 saturated heterocycles. The molecule has 2 aromatic rings. The number of hydrogen-bond donors (Lipinski definition) is 3. The molecule has 0 aliphatic heterocycles. The van der Waals surface area contributed by atoms with Crippen molar-refractivity contribution < 1.29 is 31.8 Å². The highest BCUT2D eigenvalue weighted by molar-refractivity contribution is 7.89. The van der Waals surface area contributed by atoms with Gasteiger partial charge >= 0.3 is 5.97 Å². The summed E-state index contributed by atoms with van der Waals surface area (Å²) in [7, 11) is -3.97.